The van der Waals surface area contributed by atoms with Gasteiger partial charge in [0.2, 0.25) is 5.91 Å². The van der Waals surface area contributed by atoms with E-state index in [1.807, 2.05) is 0 Å². The molecule has 0 heterocycles. The van der Waals surface area contributed by atoms with Gasteiger partial charge in [-0.3, -0.25) is 4.79 Å². The number of nitrogens with one attached hydrogen (secondary N) is 2. The molecule has 0 spiro atoms. The van der Waals surface area contributed by atoms with Crippen molar-refractivity contribution in [2.24, 2.45) is 5.92 Å². The molecule has 0 atom stereocenters. The van der Waals surface area contributed by atoms with E-state index in [9.17, 15) is 4.79 Å². The number of amides is 1. The standard InChI is InChI=1S/C14H26N2O2/c1-2-15-12-5-7-13(8-6-12)18-10-14(17)16-9-11-3-4-11/h11-13,15H,2-10H2,1H3,(H,16,17). The summed E-state index contributed by atoms with van der Waals surface area (Å²) in [7, 11) is 0. The molecule has 104 valence electrons. The van der Waals surface area contributed by atoms with Crippen molar-refractivity contribution < 1.29 is 9.53 Å². The van der Waals surface area contributed by atoms with Crippen LogP contribution in [0, 0.1) is 5.92 Å². The largest absolute Gasteiger partial charge is 0.368 e. The van der Waals surface area contributed by atoms with Crippen molar-refractivity contribution in [2.75, 3.05) is 19.7 Å². The second kappa shape index (κ2) is 7.10. The molecule has 0 radical (unpaired) electrons. The lowest BCUT2D eigenvalue weighted by Crippen LogP contribution is -2.37. The van der Waals surface area contributed by atoms with Gasteiger partial charge in [-0.15, -0.1) is 0 Å². The molecule has 2 saturated carbocycles. The second-order valence-electron chi connectivity index (χ2n) is 5.59. The third-order valence-corrected chi connectivity index (χ3v) is 3.90. The molecule has 4 heteroatoms. The van der Waals surface area contributed by atoms with Crippen molar-refractivity contribution in [3.8, 4) is 0 Å². The Bertz CT molecular complexity index is 259. The number of carbonyl (C=O) groups is 1. The Kier molecular flexibility index (Phi) is 5.45. The predicted molar refractivity (Wildman–Crippen MR) is 71.4 cm³/mol. The van der Waals surface area contributed by atoms with Gasteiger partial charge in [-0.05, 0) is 51.0 Å². The minimum Gasteiger partial charge on any atom is -0.368 e. The Morgan fingerprint density at radius 2 is 1.89 bits per heavy atom. The van der Waals surface area contributed by atoms with Crippen LogP contribution in [-0.2, 0) is 9.53 Å². The first kappa shape index (κ1) is 13.8. The molecule has 0 bridgehead atoms. The molecule has 0 aromatic heterocycles. The fourth-order valence-electron chi connectivity index (χ4n) is 2.55. The topological polar surface area (TPSA) is 50.4 Å². The zero-order valence-electron chi connectivity index (χ0n) is 11.4. The van der Waals surface area contributed by atoms with Gasteiger partial charge < -0.3 is 15.4 Å². The minimum atomic E-state index is 0.0516. The maximum atomic E-state index is 11.5. The summed E-state index contributed by atoms with van der Waals surface area (Å²) in [5, 5.41) is 6.41. The maximum Gasteiger partial charge on any atom is 0.246 e. The van der Waals surface area contributed by atoms with E-state index in [-0.39, 0.29) is 18.6 Å². The molecule has 0 aromatic rings. The van der Waals surface area contributed by atoms with E-state index in [2.05, 4.69) is 17.6 Å². The van der Waals surface area contributed by atoms with Crippen LogP contribution in [0.3, 0.4) is 0 Å². The smallest absolute Gasteiger partial charge is 0.246 e. The molecule has 18 heavy (non-hydrogen) atoms. The summed E-state index contributed by atoms with van der Waals surface area (Å²) in [5.74, 6) is 0.792. The van der Waals surface area contributed by atoms with Gasteiger partial charge in [0.15, 0.2) is 0 Å². The van der Waals surface area contributed by atoms with Crippen LogP contribution >= 0.6 is 0 Å². The highest BCUT2D eigenvalue weighted by Crippen LogP contribution is 2.27. The third kappa shape index (κ3) is 4.94. The molecule has 2 N–H and O–H groups in total. The van der Waals surface area contributed by atoms with Crippen molar-refractivity contribution in [1.29, 1.82) is 0 Å². The lowest BCUT2D eigenvalue weighted by atomic mass is 9.93. The first-order valence-electron chi connectivity index (χ1n) is 7.39. The summed E-state index contributed by atoms with van der Waals surface area (Å²) < 4.78 is 5.68. The summed E-state index contributed by atoms with van der Waals surface area (Å²) in [6.07, 6.45) is 7.32. The van der Waals surface area contributed by atoms with E-state index < -0.39 is 0 Å². The Balaban J connectivity index is 1.52. The number of carbonyl (C=O) groups excluding carboxylic acids is 1. The Labute approximate surface area is 110 Å². The van der Waals surface area contributed by atoms with Gasteiger partial charge in [-0.2, -0.15) is 0 Å². The fraction of sp³-hybridized carbons (Fsp3) is 0.929. The highest BCUT2D eigenvalue weighted by atomic mass is 16.5. The van der Waals surface area contributed by atoms with Gasteiger partial charge in [0.25, 0.3) is 0 Å². The van der Waals surface area contributed by atoms with E-state index in [4.69, 9.17) is 4.74 Å². The van der Waals surface area contributed by atoms with Crippen LogP contribution in [0.5, 0.6) is 0 Å². The monoisotopic (exact) mass is 254 g/mol. The van der Waals surface area contributed by atoms with Crippen molar-refractivity contribution >= 4 is 5.91 Å². The Morgan fingerprint density at radius 3 is 2.50 bits per heavy atom. The SMILES string of the molecule is CCNC1CCC(OCC(=O)NCC2CC2)CC1. The molecule has 0 saturated heterocycles. The minimum absolute atomic E-state index is 0.0516. The van der Waals surface area contributed by atoms with Crippen molar-refractivity contribution in [2.45, 2.75) is 57.6 Å². The molecule has 2 fully saturated rings. The van der Waals surface area contributed by atoms with Crippen LogP contribution in [0.1, 0.15) is 45.4 Å². The number of hydrogen-bond donors (Lipinski definition) is 2. The molecule has 2 aliphatic carbocycles. The first-order chi connectivity index (χ1) is 8.78. The lowest BCUT2D eigenvalue weighted by Gasteiger charge is -2.28. The number of ether oxygens (including phenoxy) is 1. The van der Waals surface area contributed by atoms with Gasteiger partial charge in [-0.25, -0.2) is 0 Å². The normalized spacial score (nSPS) is 28.1. The molecular formula is C14H26N2O2. The molecule has 1 amide bonds. The summed E-state index contributed by atoms with van der Waals surface area (Å²) in [5.41, 5.74) is 0. The number of hydrogen-bond acceptors (Lipinski definition) is 3. The van der Waals surface area contributed by atoms with E-state index in [1.165, 1.54) is 25.7 Å². The van der Waals surface area contributed by atoms with Gasteiger partial charge in [-0.1, -0.05) is 6.92 Å². The van der Waals surface area contributed by atoms with Crippen molar-refractivity contribution in [1.82, 2.24) is 10.6 Å². The quantitative estimate of drug-likeness (QED) is 0.723. The van der Waals surface area contributed by atoms with Gasteiger partial charge >= 0.3 is 0 Å². The summed E-state index contributed by atoms with van der Waals surface area (Å²) >= 11 is 0. The highest BCUT2D eigenvalue weighted by molar-refractivity contribution is 5.77. The van der Waals surface area contributed by atoms with Gasteiger partial charge in [0.05, 0.1) is 6.10 Å². The Hall–Kier alpha value is -0.610. The van der Waals surface area contributed by atoms with E-state index >= 15 is 0 Å². The first-order valence-corrected chi connectivity index (χ1v) is 7.39. The van der Waals surface area contributed by atoms with Gasteiger partial charge in [0.1, 0.15) is 6.61 Å². The van der Waals surface area contributed by atoms with E-state index in [0.717, 1.165) is 31.8 Å². The molecule has 0 aliphatic heterocycles. The summed E-state index contributed by atoms with van der Waals surface area (Å²) in [6.45, 7) is 4.27. The lowest BCUT2D eigenvalue weighted by molar-refractivity contribution is -0.128. The molecule has 2 aliphatic rings. The van der Waals surface area contributed by atoms with Crippen LogP contribution in [-0.4, -0.2) is 37.7 Å². The van der Waals surface area contributed by atoms with E-state index in [0.29, 0.717) is 6.04 Å². The van der Waals surface area contributed by atoms with Crippen LogP contribution < -0.4 is 10.6 Å². The van der Waals surface area contributed by atoms with Crippen molar-refractivity contribution in [3.05, 3.63) is 0 Å². The highest BCUT2D eigenvalue weighted by Gasteiger charge is 2.23. The predicted octanol–water partition coefficient (Wildman–Crippen LogP) is 1.45. The molecular weight excluding hydrogens is 228 g/mol. The number of rotatable bonds is 7. The van der Waals surface area contributed by atoms with E-state index in [1.54, 1.807) is 0 Å². The molecule has 4 nitrogen and oxygen atoms in total. The average molecular weight is 254 g/mol. The zero-order valence-corrected chi connectivity index (χ0v) is 11.4. The van der Waals surface area contributed by atoms with Crippen molar-refractivity contribution in [3.63, 3.8) is 0 Å². The van der Waals surface area contributed by atoms with Crippen LogP contribution in [0.25, 0.3) is 0 Å². The average Bonchev–Trinajstić information content (AvgIpc) is 3.20. The molecule has 2 rings (SSSR count). The second-order valence-corrected chi connectivity index (χ2v) is 5.59. The molecule has 0 unspecified atom stereocenters. The Morgan fingerprint density at radius 1 is 1.17 bits per heavy atom. The maximum absolute atomic E-state index is 11.5. The third-order valence-electron chi connectivity index (χ3n) is 3.90. The zero-order chi connectivity index (χ0) is 12.8. The molecule has 0 aromatic carbocycles. The van der Waals surface area contributed by atoms with Gasteiger partial charge in [0, 0.05) is 12.6 Å². The fourth-order valence-corrected chi connectivity index (χ4v) is 2.55. The van der Waals surface area contributed by atoms with Crippen LogP contribution in [0.15, 0.2) is 0 Å². The summed E-state index contributed by atoms with van der Waals surface area (Å²) in [6, 6.07) is 0.651. The van der Waals surface area contributed by atoms with Crippen LogP contribution in [0.4, 0.5) is 0 Å². The van der Waals surface area contributed by atoms with Crippen LogP contribution in [0.2, 0.25) is 0 Å². The summed E-state index contributed by atoms with van der Waals surface area (Å²) in [4.78, 5) is 11.5.